The lowest BCUT2D eigenvalue weighted by atomic mass is 10.0. The number of halogens is 3. The number of rotatable bonds is 4. The first kappa shape index (κ1) is 19.7. The van der Waals surface area contributed by atoms with Gasteiger partial charge in [0, 0.05) is 29.0 Å². The van der Waals surface area contributed by atoms with Gasteiger partial charge >= 0.3 is 6.18 Å². The van der Waals surface area contributed by atoms with Crippen molar-refractivity contribution in [3.8, 4) is 11.1 Å². The van der Waals surface area contributed by atoms with Crippen LogP contribution in [0, 0.1) is 6.92 Å². The van der Waals surface area contributed by atoms with E-state index in [0.29, 0.717) is 0 Å². The summed E-state index contributed by atoms with van der Waals surface area (Å²) in [7, 11) is 0. The number of fused-ring (bicyclic) bond motifs is 1. The molecule has 2 N–H and O–H groups in total. The number of aryl methyl sites for hydroxylation is 1. The molecule has 4 aromatic rings. The molecule has 2 heterocycles. The van der Waals surface area contributed by atoms with Crippen LogP contribution in [0.25, 0.3) is 22.2 Å². The molecule has 2 aromatic carbocycles. The number of hydrogen-bond acceptors (Lipinski definition) is 2. The highest BCUT2D eigenvalue weighted by atomic mass is 19.4. The fraction of sp³-hybridized carbons (Fsp3) is 0.130. The van der Waals surface area contributed by atoms with Crippen molar-refractivity contribution in [3.05, 3.63) is 83.7 Å². The van der Waals surface area contributed by atoms with Gasteiger partial charge in [0.1, 0.15) is 5.65 Å². The summed E-state index contributed by atoms with van der Waals surface area (Å²) in [4.78, 5) is 19.8. The van der Waals surface area contributed by atoms with Gasteiger partial charge in [0.25, 0.3) is 0 Å². The van der Waals surface area contributed by atoms with E-state index in [-0.39, 0.29) is 23.6 Å². The molecule has 0 spiro atoms. The van der Waals surface area contributed by atoms with Crippen molar-refractivity contribution in [2.75, 3.05) is 5.32 Å². The van der Waals surface area contributed by atoms with Crippen molar-refractivity contribution >= 4 is 22.6 Å². The average molecular weight is 409 g/mol. The number of aromatic amines is 1. The van der Waals surface area contributed by atoms with E-state index in [1.54, 1.807) is 6.20 Å². The van der Waals surface area contributed by atoms with Crippen molar-refractivity contribution < 1.29 is 18.0 Å². The number of hydrogen-bond donors (Lipinski definition) is 2. The van der Waals surface area contributed by atoms with E-state index in [9.17, 15) is 18.0 Å². The monoisotopic (exact) mass is 409 g/mol. The molecule has 0 fully saturated rings. The largest absolute Gasteiger partial charge is 0.416 e. The van der Waals surface area contributed by atoms with Crippen LogP contribution in [0.5, 0.6) is 0 Å². The number of anilines is 1. The second-order valence-corrected chi connectivity index (χ2v) is 7.09. The molecule has 0 unspecified atom stereocenters. The molecular formula is C23H18F3N3O. The Balaban J connectivity index is 1.51. The van der Waals surface area contributed by atoms with Crippen LogP contribution >= 0.6 is 0 Å². The molecule has 0 radical (unpaired) electrons. The van der Waals surface area contributed by atoms with E-state index in [0.717, 1.165) is 33.8 Å². The number of H-pyrrole nitrogens is 1. The molecule has 0 saturated carbocycles. The van der Waals surface area contributed by atoms with Crippen LogP contribution in [0.2, 0.25) is 0 Å². The zero-order chi connectivity index (χ0) is 21.3. The van der Waals surface area contributed by atoms with Gasteiger partial charge in [-0.25, -0.2) is 4.98 Å². The molecular weight excluding hydrogens is 391 g/mol. The number of nitrogens with zero attached hydrogens (tertiary/aromatic N) is 1. The van der Waals surface area contributed by atoms with Crippen molar-refractivity contribution in [3.63, 3.8) is 0 Å². The van der Waals surface area contributed by atoms with E-state index in [4.69, 9.17) is 0 Å². The summed E-state index contributed by atoms with van der Waals surface area (Å²) in [6.45, 7) is 1.39. The molecule has 0 atom stereocenters. The predicted molar refractivity (Wildman–Crippen MR) is 110 cm³/mol. The zero-order valence-electron chi connectivity index (χ0n) is 16.0. The van der Waals surface area contributed by atoms with Gasteiger partial charge in [-0.1, -0.05) is 30.3 Å². The van der Waals surface area contributed by atoms with Crippen molar-refractivity contribution in [1.82, 2.24) is 9.97 Å². The van der Waals surface area contributed by atoms with E-state index in [1.165, 1.54) is 19.1 Å². The summed E-state index contributed by atoms with van der Waals surface area (Å²) >= 11 is 0. The SMILES string of the molecule is Cc1ccc(NC(=O)Cc2cccc(-c3cnc4[nH]ccc4c3)c2)cc1C(F)(F)F. The topological polar surface area (TPSA) is 57.8 Å². The maximum atomic E-state index is 13.1. The van der Waals surface area contributed by atoms with Gasteiger partial charge in [-0.2, -0.15) is 13.2 Å². The summed E-state index contributed by atoms with van der Waals surface area (Å²) in [5.41, 5.74) is 2.85. The third-order valence-electron chi connectivity index (χ3n) is 4.85. The highest BCUT2D eigenvalue weighted by Gasteiger charge is 2.32. The van der Waals surface area contributed by atoms with Crippen molar-refractivity contribution in [1.29, 1.82) is 0 Å². The van der Waals surface area contributed by atoms with E-state index in [1.807, 2.05) is 42.6 Å². The Kier molecular flexibility index (Phi) is 5.03. The molecule has 152 valence electrons. The number of alkyl halides is 3. The minimum atomic E-state index is -4.46. The number of carbonyl (C=O) groups excluding carboxylic acids is 1. The third-order valence-corrected chi connectivity index (χ3v) is 4.85. The highest BCUT2D eigenvalue weighted by molar-refractivity contribution is 5.92. The molecule has 7 heteroatoms. The minimum absolute atomic E-state index is 0.0445. The minimum Gasteiger partial charge on any atom is -0.346 e. The Morgan fingerprint density at radius 2 is 1.90 bits per heavy atom. The number of amides is 1. The Hall–Kier alpha value is -3.61. The zero-order valence-corrected chi connectivity index (χ0v) is 16.0. The number of carbonyl (C=O) groups is 1. The molecule has 0 aliphatic rings. The molecule has 4 rings (SSSR count). The van der Waals surface area contributed by atoms with E-state index < -0.39 is 11.7 Å². The molecule has 2 aromatic heterocycles. The van der Waals surface area contributed by atoms with E-state index in [2.05, 4.69) is 15.3 Å². The van der Waals surface area contributed by atoms with Gasteiger partial charge in [0.15, 0.2) is 0 Å². The van der Waals surface area contributed by atoms with Gasteiger partial charge < -0.3 is 10.3 Å². The molecule has 0 aliphatic carbocycles. The van der Waals surface area contributed by atoms with Crippen LogP contribution in [-0.2, 0) is 17.4 Å². The summed E-state index contributed by atoms with van der Waals surface area (Å²) in [5, 5.41) is 3.54. The maximum Gasteiger partial charge on any atom is 0.416 e. The van der Waals surface area contributed by atoms with Crippen LogP contribution < -0.4 is 5.32 Å². The smallest absolute Gasteiger partial charge is 0.346 e. The summed E-state index contributed by atoms with van der Waals surface area (Å²) < 4.78 is 39.2. The lowest BCUT2D eigenvalue weighted by molar-refractivity contribution is -0.138. The van der Waals surface area contributed by atoms with Crippen LogP contribution in [0.4, 0.5) is 18.9 Å². The van der Waals surface area contributed by atoms with Gasteiger partial charge in [-0.05, 0) is 47.9 Å². The first-order valence-electron chi connectivity index (χ1n) is 9.30. The first-order chi connectivity index (χ1) is 14.3. The second-order valence-electron chi connectivity index (χ2n) is 7.09. The Bertz CT molecular complexity index is 1230. The van der Waals surface area contributed by atoms with E-state index >= 15 is 0 Å². The van der Waals surface area contributed by atoms with Gasteiger partial charge in [0.05, 0.1) is 12.0 Å². The Labute approximate surface area is 170 Å². The van der Waals surface area contributed by atoms with Crippen LogP contribution in [0.1, 0.15) is 16.7 Å². The maximum absolute atomic E-state index is 13.1. The number of pyridine rings is 1. The average Bonchev–Trinajstić information content (AvgIpc) is 3.16. The normalized spacial score (nSPS) is 11.6. The third kappa shape index (κ3) is 4.20. The fourth-order valence-electron chi connectivity index (χ4n) is 3.35. The second kappa shape index (κ2) is 7.67. The standard InChI is InChI=1S/C23H18F3N3O/c1-14-5-6-19(12-20(14)23(24,25)26)29-21(30)10-15-3-2-4-16(9-15)18-11-17-7-8-27-22(17)28-13-18/h2-9,11-13H,10H2,1H3,(H,27,28)(H,29,30). The number of benzene rings is 2. The first-order valence-corrected chi connectivity index (χ1v) is 9.30. The lowest BCUT2D eigenvalue weighted by Gasteiger charge is -2.13. The van der Waals surface area contributed by atoms with Crippen LogP contribution in [0.15, 0.2) is 67.0 Å². The lowest BCUT2D eigenvalue weighted by Crippen LogP contribution is -2.15. The molecule has 30 heavy (non-hydrogen) atoms. The quantitative estimate of drug-likeness (QED) is 0.452. The van der Waals surface area contributed by atoms with Crippen molar-refractivity contribution in [2.45, 2.75) is 19.5 Å². The van der Waals surface area contributed by atoms with Crippen LogP contribution in [-0.4, -0.2) is 15.9 Å². The fourth-order valence-corrected chi connectivity index (χ4v) is 3.35. The molecule has 1 amide bonds. The summed E-state index contributed by atoms with van der Waals surface area (Å²) in [5.74, 6) is -0.386. The van der Waals surface area contributed by atoms with Gasteiger partial charge in [0.2, 0.25) is 5.91 Å². The number of nitrogens with one attached hydrogen (secondary N) is 2. The summed E-state index contributed by atoms with van der Waals surface area (Å²) in [6.07, 6.45) is -0.850. The van der Waals surface area contributed by atoms with Gasteiger partial charge in [-0.15, -0.1) is 0 Å². The highest BCUT2D eigenvalue weighted by Crippen LogP contribution is 2.33. The molecule has 4 nitrogen and oxygen atoms in total. The van der Waals surface area contributed by atoms with Gasteiger partial charge in [-0.3, -0.25) is 4.79 Å². The summed E-state index contributed by atoms with van der Waals surface area (Å²) in [6, 6.07) is 15.2. The Morgan fingerprint density at radius 1 is 1.07 bits per heavy atom. The molecule has 0 aliphatic heterocycles. The van der Waals surface area contributed by atoms with Crippen LogP contribution in [0.3, 0.4) is 0 Å². The molecule has 0 bridgehead atoms. The van der Waals surface area contributed by atoms with Crippen molar-refractivity contribution in [2.24, 2.45) is 0 Å². The number of aromatic nitrogens is 2. The predicted octanol–water partition coefficient (Wildman–Crippen LogP) is 5.74. The molecule has 0 saturated heterocycles. The Morgan fingerprint density at radius 3 is 2.70 bits per heavy atom.